The van der Waals surface area contributed by atoms with Gasteiger partial charge in [0.25, 0.3) is 0 Å². The van der Waals surface area contributed by atoms with Gasteiger partial charge in [0.05, 0.1) is 0 Å². The minimum atomic E-state index is -0.228. The maximum atomic E-state index is 13.4. The first kappa shape index (κ1) is 10.5. The molecule has 0 aliphatic carbocycles. The van der Waals surface area contributed by atoms with Crippen molar-refractivity contribution in [2.75, 3.05) is 12.9 Å². The topological polar surface area (TPSA) is 20.2 Å². The van der Waals surface area contributed by atoms with Crippen LogP contribution < -0.4 is 0 Å². The molecule has 0 amide bonds. The summed E-state index contributed by atoms with van der Waals surface area (Å²) in [6.45, 7) is 1.80. The van der Waals surface area contributed by atoms with Crippen molar-refractivity contribution in [3.05, 3.63) is 29.6 Å². The fraction of sp³-hybridized carbons (Fsp3) is 0.400. The third kappa shape index (κ3) is 2.23. The van der Waals surface area contributed by atoms with E-state index in [2.05, 4.69) is 0 Å². The van der Waals surface area contributed by atoms with E-state index in [1.54, 1.807) is 6.07 Å². The van der Waals surface area contributed by atoms with E-state index >= 15 is 0 Å². The average Bonchev–Trinajstić information content (AvgIpc) is 2.16. The molecule has 1 rings (SSSR count). The molecule has 0 bridgehead atoms. The minimum absolute atomic E-state index is 0.0194. The molecule has 1 nitrogen and oxygen atoms in total. The molecule has 13 heavy (non-hydrogen) atoms. The van der Waals surface area contributed by atoms with Crippen LogP contribution in [-0.2, 0) is 0 Å². The highest BCUT2D eigenvalue weighted by Crippen LogP contribution is 2.28. The molecule has 1 atom stereocenters. The lowest BCUT2D eigenvalue weighted by molar-refractivity contribution is 0.269. The average molecular weight is 200 g/mol. The molecular formula is C10H13FOS. The van der Waals surface area contributed by atoms with Crippen LogP contribution in [0.2, 0.25) is 0 Å². The smallest absolute Gasteiger partial charge is 0.127 e. The molecule has 0 heterocycles. The van der Waals surface area contributed by atoms with E-state index in [0.717, 1.165) is 4.90 Å². The maximum Gasteiger partial charge on any atom is 0.127 e. The summed E-state index contributed by atoms with van der Waals surface area (Å²) in [6.07, 6.45) is 1.91. The summed E-state index contributed by atoms with van der Waals surface area (Å²) >= 11 is 1.50. The standard InChI is InChI=1S/C10H13FOS/c1-7(6-12)10-8(11)4-3-5-9(10)13-2/h3-5,7,12H,6H2,1-2H3. The quantitative estimate of drug-likeness (QED) is 0.757. The Balaban J connectivity index is 3.14. The van der Waals surface area contributed by atoms with Crippen LogP contribution in [0.1, 0.15) is 18.4 Å². The Morgan fingerprint density at radius 3 is 2.77 bits per heavy atom. The highest BCUT2D eigenvalue weighted by Gasteiger charge is 2.13. The van der Waals surface area contributed by atoms with E-state index in [1.807, 2.05) is 19.2 Å². The number of aliphatic hydroxyl groups excluding tert-OH is 1. The molecule has 3 heteroatoms. The Morgan fingerprint density at radius 1 is 1.54 bits per heavy atom. The number of benzene rings is 1. The van der Waals surface area contributed by atoms with Crippen LogP contribution in [0.5, 0.6) is 0 Å². The van der Waals surface area contributed by atoms with Crippen LogP contribution >= 0.6 is 11.8 Å². The van der Waals surface area contributed by atoms with Crippen LogP contribution in [0.3, 0.4) is 0 Å². The van der Waals surface area contributed by atoms with Crippen molar-refractivity contribution in [1.29, 1.82) is 0 Å². The zero-order valence-electron chi connectivity index (χ0n) is 7.75. The fourth-order valence-corrected chi connectivity index (χ4v) is 2.00. The van der Waals surface area contributed by atoms with Gasteiger partial charge in [-0.2, -0.15) is 0 Å². The Hall–Kier alpha value is -0.540. The van der Waals surface area contributed by atoms with Crippen molar-refractivity contribution in [3.63, 3.8) is 0 Å². The molecule has 0 fully saturated rings. The molecule has 0 saturated carbocycles. The Labute approximate surface area is 82.0 Å². The number of thioether (sulfide) groups is 1. The van der Waals surface area contributed by atoms with Crippen LogP contribution in [0.15, 0.2) is 23.1 Å². The van der Waals surface area contributed by atoms with Crippen molar-refractivity contribution in [2.45, 2.75) is 17.7 Å². The molecule has 0 spiro atoms. The van der Waals surface area contributed by atoms with Gasteiger partial charge in [-0.3, -0.25) is 0 Å². The molecule has 0 radical (unpaired) electrons. The third-order valence-corrected chi connectivity index (χ3v) is 2.80. The van der Waals surface area contributed by atoms with Gasteiger partial charge >= 0.3 is 0 Å². The van der Waals surface area contributed by atoms with Crippen molar-refractivity contribution >= 4 is 11.8 Å². The molecule has 0 aliphatic rings. The molecule has 1 unspecified atom stereocenters. The summed E-state index contributed by atoms with van der Waals surface area (Å²) in [7, 11) is 0. The number of rotatable bonds is 3. The van der Waals surface area contributed by atoms with E-state index < -0.39 is 0 Å². The van der Waals surface area contributed by atoms with Crippen molar-refractivity contribution < 1.29 is 9.50 Å². The molecular weight excluding hydrogens is 187 g/mol. The predicted octanol–water partition coefficient (Wildman–Crippen LogP) is 2.64. The molecule has 0 aromatic heterocycles. The lowest BCUT2D eigenvalue weighted by atomic mass is 10.0. The number of hydrogen-bond acceptors (Lipinski definition) is 2. The molecule has 1 aromatic carbocycles. The van der Waals surface area contributed by atoms with Gasteiger partial charge in [0.1, 0.15) is 5.82 Å². The second kappa shape index (κ2) is 4.63. The SMILES string of the molecule is CSc1cccc(F)c1C(C)CO. The zero-order chi connectivity index (χ0) is 9.84. The molecule has 1 N–H and O–H groups in total. The number of aliphatic hydroxyl groups is 1. The van der Waals surface area contributed by atoms with E-state index in [4.69, 9.17) is 5.11 Å². The molecule has 0 aliphatic heterocycles. The number of halogens is 1. The lowest BCUT2D eigenvalue weighted by Crippen LogP contribution is -2.03. The summed E-state index contributed by atoms with van der Waals surface area (Å²) in [6, 6.07) is 4.99. The normalized spacial score (nSPS) is 12.9. The number of hydrogen-bond donors (Lipinski definition) is 1. The van der Waals surface area contributed by atoms with Gasteiger partial charge in [-0.05, 0) is 18.4 Å². The van der Waals surface area contributed by atoms with Crippen molar-refractivity contribution in [1.82, 2.24) is 0 Å². The van der Waals surface area contributed by atoms with E-state index in [0.29, 0.717) is 5.56 Å². The fourth-order valence-electron chi connectivity index (χ4n) is 1.26. The van der Waals surface area contributed by atoms with Crippen molar-refractivity contribution in [2.24, 2.45) is 0 Å². The minimum Gasteiger partial charge on any atom is -0.396 e. The highest BCUT2D eigenvalue weighted by atomic mass is 32.2. The molecule has 0 saturated heterocycles. The maximum absolute atomic E-state index is 13.4. The predicted molar refractivity (Wildman–Crippen MR) is 53.7 cm³/mol. The van der Waals surface area contributed by atoms with E-state index in [-0.39, 0.29) is 18.3 Å². The van der Waals surface area contributed by atoms with Gasteiger partial charge in [0, 0.05) is 23.0 Å². The van der Waals surface area contributed by atoms with Gasteiger partial charge in [0.2, 0.25) is 0 Å². The molecule has 1 aromatic rings. The molecule has 72 valence electrons. The van der Waals surface area contributed by atoms with Gasteiger partial charge in [0.15, 0.2) is 0 Å². The Kier molecular flexibility index (Phi) is 3.75. The van der Waals surface area contributed by atoms with Crippen LogP contribution in [-0.4, -0.2) is 18.0 Å². The van der Waals surface area contributed by atoms with Gasteiger partial charge in [-0.15, -0.1) is 11.8 Å². The van der Waals surface area contributed by atoms with Crippen LogP contribution in [0, 0.1) is 5.82 Å². The van der Waals surface area contributed by atoms with Gasteiger partial charge in [-0.25, -0.2) is 4.39 Å². The first-order chi connectivity index (χ1) is 6.20. The zero-order valence-corrected chi connectivity index (χ0v) is 8.57. The summed E-state index contributed by atoms with van der Waals surface area (Å²) < 4.78 is 13.4. The van der Waals surface area contributed by atoms with Crippen LogP contribution in [0.25, 0.3) is 0 Å². The first-order valence-electron chi connectivity index (χ1n) is 4.14. The monoisotopic (exact) mass is 200 g/mol. The second-order valence-corrected chi connectivity index (χ2v) is 3.79. The Morgan fingerprint density at radius 2 is 2.23 bits per heavy atom. The first-order valence-corrected chi connectivity index (χ1v) is 5.36. The second-order valence-electron chi connectivity index (χ2n) is 2.94. The summed E-state index contributed by atoms with van der Waals surface area (Å²) in [5.74, 6) is -0.364. The van der Waals surface area contributed by atoms with E-state index in [9.17, 15) is 4.39 Å². The third-order valence-electron chi connectivity index (χ3n) is 2.00. The summed E-state index contributed by atoms with van der Waals surface area (Å²) in [4.78, 5) is 0.904. The highest BCUT2D eigenvalue weighted by molar-refractivity contribution is 7.98. The Bertz CT molecular complexity index is 288. The van der Waals surface area contributed by atoms with Crippen LogP contribution in [0.4, 0.5) is 4.39 Å². The van der Waals surface area contributed by atoms with Gasteiger partial charge in [-0.1, -0.05) is 13.0 Å². The summed E-state index contributed by atoms with van der Waals surface area (Å²) in [5.41, 5.74) is 0.623. The van der Waals surface area contributed by atoms with E-state index in [1.165, 1.54) is 17.8 Å². The van der Waals surface area contributed by atoms with Gasteiger partial charge < -0.3 is 5.11 Å². The largest absolute Gasteiger partial charge is 0.396 e. The van der Waals surface area contributed by atoms with Crippen molar-refractivity contribution in [3.8, 4) is 0 Å². The lowest BCUT2D eigenvalue weighted by Gasteiger charge is -2.13. The summed E-state index contributed by atoms with van der Waals surface area (Å²) in [5, 5.41) is 8.96.